The summed E-state index contributed by atoms with van der Waals surface area (Å²) in [6.07, 6.45) is 3.88. The van der Waals surface area contributed by atoms with Crippen molar-refractivity contribution in [3.63, 3.8) is 0 Å². The van der Waals surface area contributed by atoms with Gasteiger partial charge < -0.3 is 4.90 Å². The number of carbonyl (C=O) groups is 1. The van der Waals surface area contributed by atoms with Crippen LogP contribution in [0.4, 0.5) is 0 Å². The van der Waals surface area contributed by atoms with Crippen LogP contribution in [0.3, 0.4) is 0 Å². The van der Waals surface area contributed by atoms with Crippen molar-refractivity contribution in [3.8, 4) is 17.2 Å². The standard InChI is InChI=1S/C23H25N3O/c1-17-6-4-5-13-26(17)21-15-25(16-21)23(27)19-11-9-18(10-12-19)22-8-3-2-7-20(22)14-24/h2-3,7-12,17,21H,4-6,13,15-16H2,1H3. The monoisotopic (exact) mass is 359 g/mol. The van der Waals surface area contributed by atoms with Crippen LogP contribution < -0.4 is 0 Å². The highest BCUT2D eigenvalue weighted by Gasteiger charge is 2.37. The van der Waals surface area contributed by atoms with Crippen molar-refractivity contribution in [2.45, 2.75) is 38.3 Å². The Labute approximate surface area is 161 Å². The van der Waals surface area contributed by atoms with Crippen molar-refractivity contribution in [2.24, 2.45) is 0 Å². The van der Waals surface area contributed by atoms with Crippen molar-refractivity contribution in [1.29, 1.82) is 5.26 Å². The van der Waals surface area contributed by atoms with Gasteiger partial charge in [-0.05, 0) is 55.6 Å². The molecule has 2 aliphatic heterocycles. The molecule has 0 aromatic heterocycles. The van der Waals surface area contributed by atoms with Gasteiger partial charge in [-0.3, -0.25) is 9.69 Å². The average molecular weight is 359 g/mol. The molecule has 2 heterocycles. The molecule has 1 amide bonds. The summed E-state index contributed by atoms with van der Waals surface area (Å²) in [7, 11) is 0. The second-order valence-electron chi connectivity index (χ2n) is 7.68. The van der Waals surface area contributed by atoms with Crippen LogP contribution in [0.25, 0.3) is 11.1 Å². The summed E-state index contributed by atoms with van der Waals surface area (Å²) in [5.74, 6) is 0.107. The van der Waals surface area contributed by atoms with Crippen LogP contribution in [-0.2, 0) is 0 Å². The maximum absolute atomic E-state index is 12.8. The molecule has 4 heteroatoms. The molecule has 1 atom stereocenters. The minimum atomic E-state index is 0.107. The number of hydrogen-bond acceptors (Lipinski definition) is 3. The second kappa shape index (κ2) is 7.54. The van der Waals surface area contributed by atoms with Crippen LogP contribution in [0.2, 0.25) is 0 Å². The zero-order valence-corrected chi connectivity index (χ0v) is 15.8. The molecule has 2 aromatic rings. The van der Waals surface area contributed by atoms with E-state index in [9.17, 15) is 10.1 Å². The van der Waals surface area contributed by atoms with Gasteiger partial charge in [0, 0.05) is 30.7 Å². The highest BCUT2D eigenvalue weighted by molar-refractivity contribution is 5.95. The Bertz CT molecular complexity index is 862. The minimum absolute atomic E-state index is 0.107. The van der Waals surface area contributed by atoms with Gasteiger partial charge in [0.25, 0.3) is 5.91 Å². The number of likely N-dealkylation sites (tertiary alicyclic amines) is 2. The quantitative estimate of drug-likeness (QED) is 0.834. The molecule has 0 aliphatic carbocycles. The molecule has 0 bridgehead atoms. The first-order valence-electron chi connectivity index (χ1n) is 9.82. The van der Waals surface area contributed by atoms with Gasteiger partial charge in [0.1, 0.15) is 0 Å². The highest BCUT2D eigenvalue weighted by atomic mass is 16.2. The van der Waals surface area contributed by atoms with Gasteiger partial charge in [-0.2, -0.15) is 5.26 Å². The molecule has 2 aromatic carbocycles. The number of carbonyl (C=O) groups excluding carboxylic acids is 1. The molecule has 4 nitrogen and oxygen atoms in total. The van der Waals surface area contributed by atoms with E-state index in [1.807, 2.05) is 53.4 Å². The number of amides is 1. The van der Waals surface area contributed by atoms with Gasteiger partial charge in [-0.15, -0.1) is 0 Å². The third kappa shape index (κ3) is 3.48. The third-order valence-electron chi connectivity index (χ3n) is 5.96. The number of piperidine rings is 1. The topological polar surface area (TPSA) is 47.3 Å². The number of benzene rings is 2. The lowest BCUT2D eigenvalue weighted by Crippen LogP contribution is -2.63. The lowest BCUT2D eigenvalue weighted by Gasteiger charge is -2.49. The van der Waals surface area contributed by atoms with Gasteiger partial charge in [-0.25, -0.2) is 0 Å². The van der Waals surface area contributed by atoms with Crippen LogP contribution in [-0.4, -0.2) is 47.4 Å². The van der Waals surface area contributed by atoms with Crippen LogP contribution in [0.15, 0.2) is 48.5 Å². The number of hydrogen-bond donors (Lipinski definition) is 0. The summed E-state index contributed by atoms with van der Waals surface area (Å²) in [6, 6.07) is 18.6. The van der Waals surface area contributed by atoms with Crippen molar-refractivity contribution in [3.05, 3.63) is 59.7 Å². The lowest BCUT2D eigenvalue weighted by atomic mass is 9.96. The molecule has 0 spiro atoms. The van der Waals surface area contributed by atoms with Gasteiger partial charge in [0.15, 0.2) is 0 Å². The Morgan fingerprint density at radius 1 is 1.07 bits per heavy atom. The highest BCUT2D eigenvalue weighted by Crippen LogP contribution is 2.27. The predicted octanol–water partition coefficient (Wildman–Crippen LogP) is 3.92. The summed E-state index contributed by atoms with van der Waals surface area (Å²) < 4.78 is 0. The first kappa shape index (κ1) is 17.8. The van der Waals surface area contributed by atoms with Gasteiger partial charge in [0.05, 0.1) is 11.6 Å². The Morgan fingerprint density at radius 2 is 1.81 bits per heavy atom. The maximum atomic E-state index is 12.8. The summed E-state index contributed by atoms with van der Waals surface area (Å²) in [5.41, 5.74) is 3.24. The Hall–Kier alpha value is -2.64. The second-order valence-corrected chi connectivity index (χ2v) is 7.68. The SMILES string of the molecule is CC1CCCCN1C1CN(C(=O)c2ccc(-c3ccccc3C#N)cc2)C1. The fourth-order valence-electron chi connectivity index (χ4n) is 4.30. The number of nitriles is 1. The van der Waals surface area contributed by atoms with E-state index in [4.69, 9.17) is 0 Å². The third-order valence-corrected chi connectivity index (χ3v) is 5.96. The summed E-state index contributed by atoms with van der Waals surface area (Å²) in [5, 5.41) is 9.27. The maximum Gasteiger partial charge on any atom is 0.253 e. The molecule has 138 valence electrons. The van der Waals surface area contributed by atoms with E-state index < -0.39 is 0 Å². The molecule has 2 fully saturated rings. The summed E-state index contributed by atoms with van der Waals surface area (Å²) >= 11 is 0. The number of rotatable bonds is 3. The van der Waals surface area contributed by atoms with E-state index in [1.165, 1.54) is 25.8 Å². The fraction of sp³-hybridized carbons (Fsp3) is 0.391. The Morgan fingerprint density at radius 3 is 2.52 bits per heavy atom. The van der Waals surface area contributed by atoms with Crippen LogP contribution >= 0.6 is 0 Å². The largest absolute Gasteiger partial charge is 0.335 e. The van der Waals surface area contributed by atoms with Gasteiger partial charge in [-0.1, -0.05) is 36.8 Å². The molecule has 0 radical (unpaired) electrons. The molecule has 1 unspecified atom stereocenters. The van der Waals surface area contributed by atoms with Gasteiger partial charge in [0.2, 0.25) is 0 Å². The Balaban J connectivity index is 1.41. The van der Waals surface area contributed by atoms with E-state index >= 15 is 0 Å². The molecule has 2 saturated heterocycles. The lowest BCUT2D eigenvalue weighted by molar-refractivity contribution is 0.00213. The first-order valence-corrected chi connectivity index (χ1v) is 9.82. The fourth-order valence-corrected chi connectivity index (χ4v) is 4.30. The predicted molar refractivity (Wildman–Crippen MR) is 106 cm³/mol. The van der Waals surface area contributed by atoms with E-state index in [2.05, 4.69) is 17.9 Å². The van der Waals surface area contributed by atoms with Crippen molar-refractivity contribution >= 4 is 5.91 Å². The van der Waals surface area contributed by atoms with Crippen molar-refractivity contribution in [2.75, 3.05) is 19.6 Å². The molecule has 4 rings (SSSR count). The first-order chi connectivity index (χ1) is 13.2. The van der Waals surface area contributed by atoms with Crippen molar-refractivity contribution < 1.29 is 4.79 Å². The van der Waals surface area contributed by atoms with Crippen molar-refractivity contribution in [1.82, 2.24) is 9.80 Å². The van der Waals surface area contributed by atoms with Crippen LogP contribution in [0, 0.1) is 11.3 Å². The molecule has 27 heavy (non-hydrogen) atoms. The van der Waals surface area contributed by atoms with E-state index in [0.717, 1.165) is 29.8 Å². The van der Waals surface area contributed by atoms with E-state index in [0.29, 0.717) is 17.6 Å². The summed E-state index contributed by atoms with van der Waals surface area (Å²) in [4.78, 5) is 17.3. The molecule has 2 aliphatic rings. The van der Waals surface area contributed by atoms with Crippen LogP contribution in [0.1, 0.15) is 42.1 Å². The average Bonchev–Trinajstić information content (AvgIpc) is 2.68. The molecule has 0 saturated carbocycles. The number of nitrogens with zero attached hydrogens (tertiary/aromatic N) is 3. The van der Waals surface area contributed by atoms with Crippen LogP contribution in [0.5, 0.6) is 0 Å². The molecular weight excluding hydrogens is 334 g/mol. The zero-order chi connectivity index (χ0) is 18.8. The normalized spacial score (nSPS) is 20.7. The molecular formula is C23H25N3O. The minimum Gasteiger partial charge on any atom is -0.335 e. The van der Waals surface area contributed by atoms with E-state index in [-0.39, 0.29) is 5.91 Å². The smallest absolute Gasteiger partial charge is 0.253 e. The van der Waals surface area contributed by atoms with Gasteiger partial charge >= 0.3 is 0 Å². The Kier molecular flexibility index (Phi) is 4.96. The molecule has 0 N–H and O–H groups in total. The van der Waals surface area contributed by atoms with E-state index in [1.54, 1.807) is 0 Å². The summed E-state index contributed by atoms with van der Waals surface area (Å²) in [6.45, 7) is 5.15. The zero-order valence-electron chi connectivity index (χ0n) is 15.8.